The summed E-state index contributed by atoms with van der Waals surface area (Å²) in [4.78, 5) is 4.12. The molecule has 1 aromatic carbocycles. The molecule has 0 aliphatic carbocycles. The number of benzene rings is 1. The third-order valence-corrected chi connectivity index (χ3v) is 2.48. The van der Waals surface area contributed by atoms with Crippen molar-refractivity contribution < 1.29 is 14.2 Å². The molecule has 1 aromatic rings. The Morgan fingerprint density at radius 2 is 2.29 bits per heavy atom. The number of nitrogens with zero attached hydrogens (tertiary/aromatic N) is 1. The molecule has 0 radical (unpaired) electrons. The summed E-state index contributed by atoms with van der Waals surface area (Å²) in [6.07, 6.45) is 1.38. The van der Waals surface area contributed by atoms with E-state index in [1.165, 1.54) is 12.1 Å². The molecule has 92 valence electrons. The molecule has 0 aromatic heterocycles. The van der Waals surface area contributed by atoms with Crippen molar-refractivity contribution in [3.05, 3.63) is 40.5 Å². The number of ether oxygens (including phenoxy) is 1. The number of aliphatic imine (C=N–C) groups is 1. The van der Waals surface area contributed by atoms with Gasteiger partial charge in [-0.15, -0.1) is 0 Å². The molecule has 0 atom stereocenters. The van der Waals surface area contributed by atoms with Gasteiger partial charge in [-0.3, -0.25) is 4.99 Å². The number of rotatable bonds is 4. The molecule has 0 bridgehead atoms. The van der Waals surface area contributed by atoms with Crippen molar-refractivity contribution in [3.63, 3.8) is 0 Å². The second-order valence-electron chi connectivity index (χ2n) is 3.27. The van der Waals surface area contributed by atoms with E-state index in [0.29, 0.717) is 22.5 Å². The first-order valence-corrected chi connectivity index (χ1v) is 5.86. The molecule has 0 aliphatic rings. The molecular weight excluding hydrogens is 289 g/mol. The summed E-state index contributed by atoms with van der Waals surface area (Å²) in [7, 11) is 0. The van der Waals surface area contributed by atoms with Crippen molar-refractivity contribution in [2.45, 2.75) is 13.8 Å². The van der Waals surface area contributed by atoms with Crippen LogP contribution in [0.5, 0.6) is 0 Å². The van der Waals surface area contributed by atoms with Gasteiger partial charge < -0.3 is 9.84 Å². The third-order valence-electron chi connectivity index (χ3n) is 1.83. The lowest BCUT2D eigenvalue weighted by Crippen LogP contribution is -1.94. The second kappa shape index (κ2) is 6.39. The summed E-state index contributed by atoms with van der Waals surface area (Å²) in [5.74, 6) is -0.580. The molecule has 3 nitrogen and oxygen atoms in total. The van der Waals surface area contributed by atoms with Crippen molar-refractivity contribution in [1.29, 1.82) is 0 Å². The van der Waals surface area contributed by atoms with Crippen molar-refractivity contribution in [2.24, 2.45) is 4.99 Å². The molecule has 1 N–H and O–H groups in total. The highest BCUT2D eigenvalue weighted by molar-refractivity contribution is 9.10. The van der Waals surface area contributed by atoms with E-state index in [1.807, 2.05) is 0 Å². The van der Waals surface area contributed by atoms with Crippen molar-refractivity contribution in [1.82, 2.24) is 0 Å². The van der Waals surface area contributed by atoms with E-state index in [1.54, 1.807) is 26.0 Å². The Morgan fingerprint density at radius 3 is 2.88 bits per heavy atom. The number of allylic oxidation sites excluding steroid dienone is 1. The van der Waals surface area contributed by atoms with Crippen LogP contribution < -0.4 is 0 Å². The van der Waals surface area contributed by atoms with Gasteiger partial charge in [0.25, 0.3) is 5.95 Å². The van der Waals surface area contributed by atoms with Crippen LogP contribution in [0.25, 0.3) is 0 Å². The first-order valence-electron chi connectivity index (χ1n) is 5.06. The van der Waals surface area contributed by atoms with Crippen molar-refractivity contribution >= 4 is 27.3 Å². The van der Waals surface area contributed by atoms with E-state index in [0.717, 1.165) is 0 Å². The summed E-state index contributed by atoms with van der Waals surface area (Å²) < 4.78 is 18.4. The van der Waals surface area contributed by atoms with E-state index in [-0.39, 0.29) is 11.8 Å². The van der Waals surface area contributed by atoms with Gasteiger partial charge in [-0.05, 0) is 41.9 Å². The van der Waals surface area contributed by atoms with Crippen LogP contribution in [0, 0.1) is 5.82 Å². The Bertz CT molecular complexity index is 458. The number of hydrogen-bond donors (Lipinski definition) is 1. The molecule has 17 heavy (non-hydrogen) atoms. The first-order chi connectivity index (χ1) is 8.02. The Hall–Kier alpha value is -1.36. The summed E-state index contributed by atoms with van der Waals surface area (Å²) in [6.45, 7) is 3.83. The number of halogens is 2. The Balaban J connectivity index is 2.87. The lowest BCUT2D eigenvalue weighted by atomic mass is 10.3. The molecule has 1 rings (SSSR count). The maximum Gasteiger partial charge on any atom is 0.278 e. The highest BCUT2D eigenvalue weighted by atomic mass is 79.9. The predicted molar refractivity (Wildman–Crippen MR) is 69.2 cm³/mol. The van der Waals surface area contributed by atoms with Gasteiger partial charge >= 0.3 is 0 Å². The first kappa shape index (κ1) is 13.7. The number of aliphatic hydroxyl groups is 1. The fourth-order valence-electron chi connectivity index (χ4n) is 1.16. The lowest BCUT2D eigenvalue weighted by molar-refractivity contribution is 0.103. The molecule has 0 saturated heterocycles. The molecule has 0 aliphatic heterocycles. The van der Waals surface area contributed by atoms with Crippen LogP contribution in [0.3, 0.4) is 0 Å². The van der Waals surface area contributed by atoms with Crippen LogP contribution >= 0.6 is 15.9 Å². The van der Waals surface area contributed by atoms with Crippen molar-refractivity contribution in [3.8, 4) is 0 Å². The molecule has 0 saturated carbocycles. The number of hydrogen-bond acceptors (Lipinski definition) is 3. The molecule has 0 amide bonds. The van der Waals surface area contributed by atoms with Gasteiger partial charge in [-0.1, -0.05) is 0 Å². The number of aliphatic hydroxyl groups excluding tert-OH is 1. The summed E-state index contributed by atoms with van der Waals surface area (Å²) in [6, 6.07) is 4.55. The van der Waals surface area contributed by atoms with Gasteiger partial charge in [0.1, 0.15) is 5.82 Å². The van der Waals surface area contributed by atoms with Gasteiger partial charge in [-0.2, -0.15) is 0 Å². The smallest absolute Gasteiger partial charge is 0.278 e. The highest BCUT2D eigenvalue weighted by Gasteiger charge is 2.00. The molecule has 0 spiro atoms. The SMILES string of the molecule is CCOC(O)=CC(C)=Nc1ccc(Br)c(F)c1. The van der Waals surface area contributed by atoms with Crippen LogP contribution in [0.2, 0.25) is 0 Å². The zero-order valence-electron chi connectivity index (χ0n) is 9.58. The van der Waals surface area contributed by atoms with E-state index >= 15 is 0 Å². The van der Waals surface area contributed by atoms with Gasteiger partial charge in [0, 0.05) is 17.9 Å². The van der Waals surface area contributed by atoms with Crippen LogP contribution in [0.1, 0.15) is 13.8 Å². The fraction of sp³-hybridized carbons (Fsp3) is 0.250. The lowest BCUT2D eigenvalue weighted by Gasteiger charge is -2.01. The van der Waals surface area contributed by atoms with Gasteiger partial charge in [0.15, 0.2) is 0 Å². The molecular formula is C12H13BrFNO2. The Labute approximate surface area is 108 Å². The van der Waals surface area contributed by atoms with E-state index in [9.17, 15) is 9.50 Å². The van der Waals surface area contributed by atoms with Crippen molar-refractivity contribution in [2.75, 3.05) is 6.61 Å². The van der Waals surface area contributed by atoms with Crippen LogP contribution in [-0.4, -0.2) is 17.4 Å². The predicted octanol–water partition coefficient (Wildman–Crippen LogP) is 4.12. The summed E-state index contributed by atoms with van der Waals surface area (Å²) in [5, 5.41) is 9.27. The minimum absolute atomic E-state index is 0.202. The Kier molecular flexibility index (Phi) is 5.15. The Morgan fingerprint density at radius 1 is 1.59 bits per heavy atom. The largest absolute Gasteiger partial charge is 0.481 e. The van der Waals surface area contributed by atoms with Crippen LogP contribution in [-0.2, 0) is 4.74 Å². The summed E-state index contributed by atoms with van der Waals surface area (Å²) in [5.41, 5.74) is 1.00. The quantitative estimate of drug-likeness (QED) is 0.671. The molecule has 0 heterocycles. The van der Waals surface area contributed by atoms with Crippen LogP contribution in [0.4, 0.5) is 10.1 Å². The zero-order valence-corrected chi connectivity index (χ0v) is 11.2. The minimum Gasteiger partial charge on any atom is -0.481 e. The third kappa shape index (κ3) is 4.56. The fourth-order valence-corrected chi connectivity index (χ4v) is 1.41. The maximum absolute atomic E-state index is 13.2. The molecule has 0 unspecified atom stereocenters. The van der Waals surface area contributed by atoms with Gasteiger partial charge in [-0.25, -0.2) is 4.39 Å². The monoisotopic (exact) mass is 301 g/mol. The summed E-state index contributed by atoms with van der Waals surface area (Å²) >= 11 is 3.06. The van der Waals surface area contributed by atoms with Gasteiger partial charge in [0.2, 0.25) is 0 Å². The minimum atomic E-state index is -0.378. The topological polar surface area (TPSA) is 41.8 Å². The normalized spacial score (nSPS) is 12.7. The van der Waals surface area contributed by atoms with E-state index in [4.69, 9.17) is 4.74 Å². The second-order valence-corrected chi connectivity index (χ2v) is 4.12. The maximum atomic E-state index is 13.2. The zero-order chi connectivity index (χ0) is 12.8. The molecule has 5 heteroatoms. The average Bonchev–Trinajstić information content (AvgIpc) is 2.23. The standard InChI is InChI=1S/C12H13BrFNO2/c1-3-17-12(16)6-8(2)15-9-4-5-10(13)11(14)7-9/h4-7,16H,3H2,1-2H3. The van der Waals surface area contributed by atoms with E-state index < -0.39 is 0 Å². The van der Waals surface area contributed by atoms with Crippen LogP contribution in [0.15, 0.2) is 39.7 Å². The van der Waals surface area contributed by atoms with Gasteiger partial charge in [0.05, 0.1) is 16.8 Å². The van der Waals surface area contributed by atoms with E-state index in [2.05, 4.69) is 20.9 Å². The highest BCUT2D eigenvalue weighted by Crippen LogP contribution is 2.21. The average molecular weight is 302 g/mol. The molecule has 0 fully saturated rings.